The van der Waals surface area contributed by atoms with Gasteiger partial charge in [0, 0.05) is 19.3 Å². The Morgan fingerprint density at radius 3 is 0.838 bits per heavy atom. The number of carbonyl (C=O) groups excluding carboxylic acids is 3. The van der Waals surface area contributed by atoms with E-state index in [-0.39, 0.29) is 31.1 Å². The van der Waals surface area contributed by atoms with E-state index in [0.29, 0.717) is 19.3 Å². The number of rotatable bonds is 59. The smallest absolute Gasteiger partial charge is 0.306 e. The van der Waals surface area contributed by atoms with Gasteiger partial charge in [0.25, 0.3) is 0 Å². The lowest BCUT2D eigenvalue weighted by Crippen LogP contribution is -2.30. The van der Waals surface area contributed by atoms with Gasteiger partial charge >= 0.3 is 17.9 Å². The number of unbranched alkanes of at least 4 members (excludes halogenated alkanes) is 38. The molecule has 0 aromatic rings. The lowest BCUT2D eigenvalue weighted by Gasteiger charge is -2.18. The van der Waals surface area contributed by atoms with Crippen molar-refractivity contribution < 1.29 is 28.6 Å². The summed E-state index contributed by atoms with van der Waals surface area (Å²) < 4.78 is 17.0. The minimum Gasteiger partial charge on any atom is -0.462 e. The van der Waals surface area contributed by atoms with Crippen molar-refractivity contribution in [2.24, 2.45) is 0 Å². The Labute approximate surface area is 460 Å². The molecule has 0 aromatic heterocycles. The molecule has 0 amide bonds. The molecule has 6 heteroatoms. The van der Waals surface area contributed by atoms with E-state index < -0.39 is 6.10 Å². The Kier molecular flexibility index (Phi) is 60.2. The predicted octanol–water partition coefficient (Wildman–Crippen LogP) is 21.9. The van der Waals surface area contributed by atoms with E-state index in [9.17, 15) is 14.4 Å². The largest absolute Gasteiger partial charge is 0.462 e. The highest BCUT2D eigenvalue weighted by Crippen LogP contribution is 2.17. The summed E-state index contributed by atoms with van der Waals surface area (Å²) in [6.07, 6.45) is 79.3. The van der Waals surface area contributed by atoms with Gasteiger partial charge in [0.15, 0.2) is 6.10 Å². The first-order valence-electron chi connectivity index (χ1n) is 32.3. The van der Waals surface area contributed by atoms with Crippen molar-refractivity contribution in [2.45, 2.75) is 341 Å². The third kappa shape index (κ3) is 60.0. The number of allylic oxidation sites excluding steroid dienone is 10. The van der Waals surface area contributed by atoms with Crippen LogP contribution in [0.1, 0.15) is 335 Å². The molecule has 0 spiro atoms. The maximum absolute atomic E-state index is 12.9. The predicted molar refractivity (Wildman–Crippen MR) is 321 cm³/mol. The first-order chi connectivity index (χ1) is 36.5. The first kappa shape index (κ1) is 71.1. The maximum Gasteiger partial charge on any atom is 0.306 e. The van der Waals surface area contributed by atoms with Crippen LogP contribution in [0.5, 0.6) is 0 Å². The van der Waals surface area contributed by atoms with Crippen molar-refractivity contribution in [2.75, 3.05) is 13.2 Å². The van der Waals surface area contributed by atoms with Crippen molar-refractivity contribution in [3.05, 3.63) is 60.8 Å². The minimum absolute atomic E-state index is 0.0732. The maximum atomic E-state index is 12.9. The molecule has 0 N–H and O–H groups in total. The molecule has 1 atom stereocenters. The normalized spacial score (nSPS) is 12.4. The standard InChI is InChI=1S/C68H122O6/c1-4-7-10-13-16-19-22-25-28-30-32-33-34-35-36-38-40-43-46-49-52-55-58-61-67(70)73-64-65(63-72-66(69)60-57-54-51-48-45-42-39-27-24-21-18-15-12-9-6-3)74-68(71)62-59-56-53-50-47-44-41-37-31-29-26-23-20-17-14-11-8-5-2/h7,10,16,19,25,28-29,31-33,65H,4-6,8-9,11-15,17-18,20-24,26-27,30,34-64H2,1-3H3/b10-7-,19-16-,28-25-,31-29-,33-32-. The van der Waals surface area contributed by atoms with Gasteiger partial charge in [-0.15, -0.1) is 0 Å². The van der Waals surface area contributed by atoms with Crippen LogP contribution >= 0.6 is 0 Å². The second-order valence-corrected chi connectivity index (χ2v) is 21.6. The SMILES string of the molecule is CC/C=C\C/C=C\C/C=C\C/C=C\CCCCCCCCCCCCC(=O)OCC(COC(=O)CCCCCCCCCCCCCCCCC)OC(=O)CCCCCCCCC/C=C\CCCCCCCCC. The fourth-order valence-electron chi connectivity index (χ4n) is 9.43. The summed E-state index contributed by atoms with van der Waals surface area (Å²) in [5, 5.41) is 0. The minimum atomic E-state index is -0.777. The van der Waals surface area contributed by atoms with Crippen LogP contribution in [-0.4, -0.2) is 37.2 Å². The highest BCUT2D eigenvalue weighted by Gasteiger charge is 2.19. The zero-order valence-electron chi connectivity index (χ0n) is 49.4. The van der Waals surface area contributed by atoms with Crippen molar-refractivity contribution in [1.82, 2.24) is 0 Å². The zero-order chi connectivity index (χ0) is 53.6. The van der Waals surface area contributed by atoms with Gasteiger partial charge in [0.1, 0.15) is 13.2 Å². The van der Waals surface area contributed by atoms with Gasteiger partial charge in [0.2, 0.25) is 0 Å². The van der Waals surface area contributed by atoms with E-state index in [1.165, 1.54) is 212 Å². The van der Waals surface area contributed by atoms with E-state index in [4.69, 9.17) is 14.2 Å². The molecule has 0 fully saturated rings. The second-order valence-electron chi connectivity index (χ2n) is 21.6. The van der Waals surface area contributed by atoms with Crippen LogP contribution in [0.15, 0.2) is 60.8 Å². The van der Waals surface area contributed by atoms with E-state index in [2.05, 4.69) is 81.5 Å². The fourth-order valence-corrected chi connectivity index (χ4v) is 9.43. The van der Waals surface area contributed by atoms with Crippen molar-refractivity contribution in [3.8, 4) is 0 Å². The summed E-state index contributed by atoms with van der Waals surface area (Å²) in [6, 6.07) is 0. The van der Waals surface area contributed by atoms with Crippen molar-refractivity contribution >= 4 is 17.9 Å². The Hall–Kier alpha value is -2.89. The van der Waals surface area contributed by atoms with Crippen LogP contribution in [0.3, 0.4) is 0 Å². The Bertz CT molecular complexity index is 1330. The molecule has 0 aromatic carbocycles. The van der Waals surface area contributed by atoms with Crippen LogP contribution in [-0.2, 0) is 28.6 Å². The van der Waals surface area contributed by atoms with Gasteiger partial charge in [-0.2, -0.15) is 0 Å². The quantitative estimate of drug-likeness (QED) is 0.0261. The molecule has 430 valence electrons. The molecule has 0 rings (SSSR count). The second kappa shape index (κ2) is 62.6. The van der Waals surface area contributed by atoms with Gasteiger partial charge in [-0.3, -0.25) is 14.4 Å². The van der Waals surface area contributed by atoms with Crippen molar-refractivity contribution in [1.29, 1.82) is 0 Å². The third-order valence-electron chi connectivity index (χ3n) is 14.3. The molecule has 74 heavy (non-hydrogen) atoms. The molecule has 0 aliphatic carbocycles. The van der Waals surface area contributed by atoms with Crippen LogP contribution < -0.4 is 0 Å². The van der Waals surface area contributed by atoms with Gasteiger partial charge in [-0.05, 0) is 83.5 Å². The molecule has 1 unspecified atom stereocenters. The number of ether oxygens (including phenoxy) is 3. The Balaban J connectivity index is 4.33. The number of hydrogen-bond acceptors (Lipinski definition) is 6. The van der Waals surface area contributed by atoms with Crippen LogP contribution in [0.25, 0.3) is 0 Å². The number of esters is 3. The van der Waals surface area contributed by atoms with E-state index >= 15 is 0 Å². The van der Waals surface area contributed by atoms with Gasteiger partial charge < -0.3 is 14.2 Å². The highest BCUT2D eigenvalue weighted by atomic mass is 16.6. The van der Waals surface area contributed by atoms with E-state index in [1.54, 1.807) is 0 Å². The molecular weight excluding hydrogens is 913 g/mol. The number of carbonyl (C=O) groups is 3. The van der Waals surface area contributed by atoms with Crippen LogP contribution in [0, 0.1) is 0 Å². The van der Waals surface area contributed by atoms with Gasteiger partial charge in [-0.1, -0.05) is 293 Å². The van der Waals surface area contributed by atoms with Crippen molar-refractivity contribution in [3.63, 3.8) is 0 Å². The van der Waals surface area contributed by atoms with Gasteiger partial charge in [-0.25, -0.2) is 0 Å². The van der Waals surface area contributed by atoms with Crippen LogP contribution in [0.4, 0.5) is 0 Å². The molecule has 0 aliphatic heterocycles. The van der Waals surface area contributed by atoms with E-state index in [0.717, 1.165) is 83.5 Å². The highest BCUT2D eigenvalue weighted by molar-refractivity contribution is 5.71. The number of hydrogen-bond donors (Lipinski definition) is 0. The first-order valence-corrected chi connectivity index (χ1v) is 32.3. The zero-order valence-corrected chi connectivity index (χ0v) is 49.4. The molecule has 0 bridgehead atoms. The molecule has 0 heterocycles. The Morgan fingerprint density at radius 2 is 0.527 bits per heavy atom. The molecule has 6 nitrogen and oxygen atoms in total. The molecule has 0 saturated heterocycles. The summed E-state index contributed by atoms with van der Waals surface area (Å²) in [5.74, 6) is -0.862. The third-order valence-corrected chi connectivity index (χ3v) is 14.3. The molecular formula is C68H122O6. The van der Waals surface area contributed by atoms with Gasteiger partial charge in [0.05, 0.1) is 0 Å². The molecule has 0 saturated carbocycles. The molecule has 0 aliphatic rings. The topological polar surface area (TPSA) is 78.9 Å². The molecule has 0 radical (unpaired) electrons. The summed E-state index contributed by atoms with van der Waals surface area (Å²) >= 11 is 0. The average molecular weight is 1040 g/mol. The average Bonchev–Trinajstić information content (AvgIpc) is 3.40. The van der Waals surface area contributed by atoms with Crippen LogP contribution in [0.2, 0.25) is 0 Å². The monoisotopic (exact) mass is 1030 g/mol. The lowest BCUT2D eigenvalue weighted by atomic mass is 10.0. The van der Waals surface area contributed by atoms with E-state index in [1.807, 2.05) is 0 Å². The summed E-state index contributed by atoms with van der Waals surface area (Å²) in [5.41, 5.74) is 0. The Morgan fingerprint density at radius 1 is 0.284 bits per heavy atom. The summed E-state index contributed by atoms with van der Waals surface area (Å²) in [6.45, 7) is 6.57. The summed E-state index contributed by atoms with van der Waals surface area (Å²) in [7, 11) is 0. The fraction of sp³-hybridized carbons (Fsp3) is 0.809. The summed E-state index contributed by atoms with van der Waals surface area (Å²) in [4.78, 5) is 38.3. The lowest BCUT2D eigenvalue weighted by molar-refractivity contribution is -0.167.